The van der Waals surface area contributed by atoms with E-state index in [1.54, 1.807) is 0 Å². The van der Waals surface area contributed by atoms with Crippen molar-refractivity contribution in [3.8, 4) is 5.75 Å². The Bertz CT molecular complexity index is 867. The Morgan fingerprint density at radius 3 is 2.81 bits per heavy atom. The van der Waals surface area contributed by atoms with Crippen LogP contribution in [0.2, 0.25) is 0 Å². The maximum absolute atomic E-state index is 12.3. The molecule has 0 saturated carbocycles. The van der Waals surface area contributed by atoms with Crippen LogP contribution in [0.5, 0.6) is 5.75 Å². The number of rotatable bonds is 4. The van der Waals surface area contributed by atoms with Gasteiger partial charge in [-0.15, -0.1) is 6.58 Å². The van der Waals surface area contributed by atoms with Crippen molar-refractivity contribution in [3.05, 3.63) is 66.7 Å². The molecule has 2 aromatic rings. The quantitative estimate of drug-likeness (QED) is 0.826. The van der Waals surface area contributed by atoms with Gasteiger partial charge in [-0.2, -0.15) is 0 Å². The number of fused-ring (bicyclic) bond motifs is 3. The van der Waals surface area contributed by atoms with E-state index in [9.17, 15) is 4.79 Å². The highest BCUT2D eigenvalue weighted by Gasteiger charge is 2.54. The average Bonchev–Trinajstić information content (AvgIpc) is 3.10. The highest BCUT2D eigenvalue weighted by Crippen LogP contribution is 2.54. The van der Waals surface area contributed by atoms with Crippen molar-refractivity contribution in [3.63, 3.8) is 0 Å². The maximum Gasteiger partial charge on any atom is 0.417 e. The van der Waals surface area contributed by atoms with E-state index in [4.69, 9.17) is 4.74 Å². The zero-order valence-electron chi connectivity index (χ0n) is 15.8. The van der Waals surface area contributed by atoms with Gasteiger partial charge in [-0.25, -0.2) is 4.79 Å². The Kier molecular flexibility index (Phi) is 4.40. The van der Waals surface area contributed by atoms with Crippen molar-refractivity contribution >= 4 is 17.5 Å². The van der Waals surface area contributed by atoms with Gasteiger partial charge in [0.05, 0.1) is 6.17 Å². The van der Waals surface area contributed by atoms with Crippen molar-refractivity contribution in [1.29, 1.82) is 0 Å². The molecule has 140 valence electrons. The number of nitrogens with one attached hydrogen (secondary N) is 1. The minimum atomic E-state index is -0.481. The number of hydrogen-bond donors (Lipinski definition) is 1. The lowest BCUT2D eigenvalue weighted by atomic mass is 9.76. The molecular weight excluding hydrogens is 338 g/mol. The van der Waals surface area contributed by atoms with Crippen LogP contribution in [0.1, 0.15) is 18.4 Å². The summed E-state index contributed by atoms with van der Waals surface area (Å²) in [7, 11) is 4.31. The summed E-state index contributed by atoms with van der Waals surface area (Å²) >= 11 is 0. The van der Waals surface area contributed by atoms with Crippen molar-refractivity contribution in [2.75, 3.05) is 30.9 Å². The van der Waals surface area contributed by atoms with E-state index in [1.165, 1.54) is 11.3 Å². The van der Waals surface area contributed by atoms with Gasteiger partial charge < -0.3 is 9.64 Å². The second-order valence-electron chi connectivity index (χ2n) is 7.42. The molecule has 2 aliphatic heterocycles. The Morgan fingerprint density at radius 1 is 1.30 bits per heavy atom. The smallest absolute Gasteiger partial charge is 0.410 e. The first-order valence-electron chi connectivity index (χ1n) is 9.27. The van der Waals surface area contributed by atoms with Crippen molar-refractivity contribution in [2.45, 2.75) is 24.4 Å². The van der Waals surface area contributed by atoms with Gasteiger partial charge in [-0.05, 0) is 55.8 Å². The maximum atomic E-state index is 12.3. The van der Waals surface area contributed by atoms with Crippen LogP contribution in [-0.2, 0) is 5.41 Å². The van der Waals surface area contributed by atoms with Crippen molar-refractivity contribution in [2.24, 2.45) is 0 Å². The minimum absolute atomic E-state index is 0.00411. The largest absolute Gasteiger partial charge is 0.417 e. The molecule has 2 atom stereocenters. The number of nitrogens with zero attached hydrogens (tertiary/aromatic N) is 2. The fourth-order valence-electron chi connectivity index (χ4n) is 4.75. The number of likely N-dealkylation sites (N-methyl/N-ethyl adjacent to an activating group) is 2. The molecule has 2 heterocycles. The molecule has 2 aromatic carbocycles. The predicted molar refractivity (Wildman–Crippen MR) is 108 cm³/mol. The molecule has 0 aromatic heterocycles. The summed E-state index contributed by atoms with van der Waals surface area (Å²) < 4.78 is 5.57. The molecule has 5 nitrogen and oxygen atoms in total. The first-order chi connectivity index (χ1) is 13.0. The Morgan fingerprint density at radius 2 is 2.07 bits per heavy atom. The van der Waals surface area contributed by atoms with Crippen molar-refractivity contribution in [1.82, 2.24) is 4.90 Å². The summed E-state index contributed by atoms with van der Waals surface area (Å²) in [5.74, 6) is 0.564. The topological polar surface area (TPSA) is 44.8 Å². The van der Waals surface area contributed by atoms with Crippen LogP contribution in [-0.4, -0.2) is 37.8 Å². The fraction of sp³-hybridized carbons (Fsp3) is 0.318. The van der Waals surface area contributed by atoms with E-state index in [2.05, 4.69) is 41.9 Å². The van der Waals surface area contributed by atoms with E-state index in [-0.39, 0.29) is 5.41 Å². The number of para-hydroxylation sites is 1. The minimum Gasteiger partial charge on any atom is -0.410 e. The second-order valence-corrected chi connectivity index (χ2v) is 7.42. The van der Waals surface area contributed by atoms with E-state index in [0.717, 1.165) is 19.4 Å². The normalized spacial score (nSPS) is 23.6. The Balaban J connectivity index is 1.61. The molecule has 2 unspecified atom stereocenters. The van der Waals surface area contributed by atoms with E-state index < -0.39 is 6.09 Å². The number of amides is 1. The zero-order chi connectivity index (χ0) is 19.0. The summed E-state index contributed by atoms with van der Waals surface area (Å²) in [6.45, 7) is 5.03. The summed E-state index contributed by atoms with van der Waals surface area (Å²) in [5.41, 5.74) is 3.15. The summed E-state index contributed by atoms with van der Waals surface area (Å²) in [5, 5.41) is 2.76. The number of likely N-dealkylation sites (tertiary alicyclic amines) is 1. The highest BCUT2D eigenvalue weighted by molar-refractivity contribution is 5.86. The van der Waals surface area contributed by atoms with Crippen LogP contribution in [0.4, 0.5) is 16.2 Å². The number of benzene rings is 2. The van der Waals surface area contributed by atoms with Crippen LogP contribution < -0.4 is 15.0 Å². The lowest BCUT2D eigenvalue weighted by molar-refractivity contribution is 0.215. The lowest BCUT2D eigenvalue weighted by Gasteiger charge is -2.34. The highest BCUT2D eigenvalue weighted by atomic mass is 16.6. The molecule has 1 saturated heterocycles. The van der Waals surface area contributed by atoms with Gasteiger partial charge in [0.1, 0.15) is 5.75 Å². The third kappa shape index (κ3) is 2.88. The standard InChI is InChI=1S/C22H25N3O2/c1-4-12-22-13-14-24(2)20(22)25(3)19-11-10-17(15-18(19)22)27-21(26)23-16-8-6-5-7-9-16/h4-11,15,20H,1,12-14H2,2-3H3,(H,23,26). The molecule has 2 aliphatic rings. The van der Waals surface area contributed by atoms with Gasteiger partial charge in [0, 0.05) is 30.4 Å². The van der Waals surface area contributed by atoms with Crippen LogP contribution in [0.3, 0.4) is 0 Å². The number of anilines is 2. The zero-order valence-corrected chi connectivity index (χ0v) is 15.8. The van der Waals surface area contributed by atoms with E-state index in [0.29, 0.717) is 17.6 Å². The summed E-state index contributed by atoms with van der Waals surface area (Å²) in [6, 6.07) is 15.3. The fourth-order valence-corrected chi connectivity index (χ4v) is 4.75. The van der Waals surface area contributed by atoms with Gasteiger partial charge >= 0.3 is 6.09 Å². The Labute approximate surface area is 160 Å². The molecule has 0 bridgehead atoms. The average molecular weight is 363 g/mol. The van der Waals surface area contributed by atoms with Crippen LogP contribution >= 0.6 is 0 Å². The molecule has 5 heteroatoms. The number of allylic oxidation sites excluding steroid dienone is 1. The predicted octanol–water partition coefficient (Wildman–Crippen LogP) is 4.22. The first kappa shape index (κ1) is 17.6. The first-order valence-corrected chi connectivity index (χ1v) is 9.27. The number of ether oxygens (including phenoxy) is 1. The molecule has 27 heavy (non-hydrogen) atoms. The van der Waals surface area contributed by atoms with Gasteiger partial charge in [0.2, 0.25) is 0 Å². The summed E-state index contributed by atoms with van der Waals surface area (Å²) in [6.07, 6.45) is 3.80. The second kappa shape index (κ2) is 6.74. The molecule has 0 aliphatic carbocycles. The molecule has 0 radical (unpaired) electrons. The molecular formula is C22H25N3O2. The number of carbonyl (C=O) groups is 1. The van der Waals surface area contributed by atoms with Gasteiger partial charge in [0.15, 0.2) is 0 Å². The monoisotopic (exact) mass is 363 g/mol. The van der Waals surface area contributed by atoms with Crippen molar-refractivity contribution < 1.29 is 9.53 Å². The van der Waals surface area contributed by atoms with Crippen LogP contribution in [0, 0.1) is 0 Å². The molecule has 1 fully saturated rings. The van der Waals surface area contributed by atoms with E-state index in [1.807, 2.05) is 48.5 Å². The third-order valence-electron chi connectivity index (χ3n) is 5.81. The van der Waals surface area contributed by atoms with Gasteiger partial charge in [-0.3, -0.25) is 10.2 Å². The third-order valence-corrected chi connectivity index (χ3v) is 5.81. The SMILES string of the molecule is C=CCC12CCN(C)C1N(C)c1ccc(OC(=O)Nc3ccccc3)cc12. The van der Waals surface area contributed by atoms with Gasteiger partial charge in [0.25, 0.3) is 0 Å². The van der Waals surface area contributed by atoms with E-state index >= 15 is 0 Å². The number of hydrogen-bond acceptors (Lipinski definition) is 4. The van der Waals surface area contributed by atoms with Gasteiger partial charge in [-0.1, -0.05) is 24.3 Å². The Hall–Kier alpha value is -2.79. The molecule has 1 amide bonds. The molecule has 1 N–H and O–H groups in total. The number of carbonyl (C=O) groups excluding carboxylic acids is 1. The lowest BCUT2D eigenvalue weighted by Crippen LogP contribution is -2.46. The summed E-state index contributed by atoms with van der Waals surface area (Å²) in [4.78, 5) is 17.0. The molecule has 4 rings (SSSR count). The molecule has 0 spiro atoms. The van der Waals surface area contributed by atoms with Crippen LogP contribution in [0.25, 0.3) is 0 Å². The van der Waals surface area contributed by atoms with Crippen LogP contribution in [0.15, 0.2) is 61.2 Å².